The molecule has 4 heteroatoms. The minimum Gasteiger partial charge on any atom is -0.492 e. The Labute approximate surface area is 136 Å². The molecule has 0 heterocycles. The van der Waals surface area contributed by atoms with Crippen LogP contribution in [-0.4, -0.2) is 31.5 Å². The fourth-order valence-corrected chi connectivity index (χ4v) is 2.31. The van der Waals surface area contributed by atoms with Gasteiger partial charge in [-0.25, -0.2) is 0 Å². The lowest BCUT2D eigenvalue weighted by Crippen LogP contribution is -2.21. The van der Waals surface area contributed by atoms with Crippen molar-refractivity contribution in [2.75, 3.05) is 20.7 Å². The first-order valence-corrected chi connectivity index (χ1v) is 7.65. The van der Waals surface area contributed by atoms with Gasteiger partial charge in [0.15, 0.2) is 0 Å². The Morgan fingerprint density at radius 3 is 2.27 bits per heavy atom. The topological polar surface area (TPSA) is 29.5 Å². The Morgan fingerprint density at radius 2 is 1.73 bits per heavy atom. The van der Waals surface area contributed by atoms with Crippen molar-refractivity contribution in [1.29, 1.82) is 0 Å². The highest BCUT2D eigenvalue weighted by molar-refractivity contribution is 6.32. The standard InChI is InChI=1S/C18H20ClNO2/c1-4-11-22-17-10-9-15(12-16(17)19)13-5-7-14(8-6-13)18(21)20(2)3/h5-10,12H,4,11H2,1-3H3. The summed E-state index contributed by atoms with van der Waals surface area (Å²) in [5.74, 6) is 0.694. The normalized spacial score (nSPS) is 10.4. The van der Waals surface area contributed by atoms with Gasteiger partial charge in [0.05, 0.1) is 11.6 Å². The van der Waals surface area contributed by atoms with Gasteiger partial charge in [-0.15, -0.1) is 0 Å². The minimum atomic E-state index is -0.00658. The highest BCUT2D eigenvalue weighted by Gasteiger charge is 2.09. The second-order valence-electron chi connectivity index (χ2n) is 5.27. The Kier molecular flexibility index (Phi) is 5.45. The Morgan fingerprint density at radius 1 is 1.09 bits per heavy atom. The molecule has 0 aromatic heterocycles. The Balaban J connectivity index is 2.21. The molecule has 116 valence electrons. The van der Waals surface area contributed by atoms with Crippen LogP contribution in [0.3, 0.4) is 0 Å². The lowest BCUT2D eigenvalue weighted by atomic mass is 10.0. The predicted octanol–water partition coefficient (Wildman–Crippen LogP) is 4.50. The van der Waals surface area contributed by atoms with Crippen molar-refractivity contribution in [3.8, 4) is 16.9 Å². The van der Waals surface area contributed by atoms with Crippen molar-refractivity contribution >= 4 is 17.5 Å². The zero-order valence-corrected chi connectivity index (χ0v) is 13.9. The second-order valence-corrected chi connectivity index (χ2v) is 5.68. The van der Waals surface area contributed by atoms with Crippen LogP contribution in [0, 0.1) is 0 Å². The maximum atomic E-state index is 11.9. The van der Waals surface area contributed by atoms with Gasteiger partial charge >= 0.3 is 0 Å². The molecule has 0 atom stereocenters. The Hall–Kier alpha value is -2.00. The molecule has 0 aliphatic carbocycles. The number of rotatable bonds is 5. The molecular formula is C18H20ClNO2. The maximum Gasteiger partial charge on any atom is 0.253 e. The summed E-state index contributed by atoms with van der Waals surface area (Å²) in [4.78, 5) is 13.4. The van der Waals surface area contributed by atoms with E-state index in [4.69, 9.17) is 16.3 Å². The zero-order chi connectivity index (χ0) is 16.1. The molecule has 0 aliphatic heterocycles. The fraction of sp³-hybridized carbons (Fsp3) is 0.278. The molecule has 0 spiro atoms. The van der Waals surface area contributed by atoms with Crippen molar-refractivity contribution in [2.45, 2.75) is 13.3 Å². The quantitative estimate of drug-likeness (QED) is 0.812. The highest BCUT2D eigenvalue weighted by atomic mass is 35.5. The summed E-state index contributed by atoms with van der Waals surface area (Å²) < 4.78 is 5.57. The van der Waals surface area contributed by atoms with Gasteiger partial charge < -0.3 is 9.64 Å². The molecule has 2 aromatic rings. The molecule has 0 fully saturated rings. The third-order valence-electron chi connectivity index (χ3n) is 3.26. The van der Waals surface area contributed by atoms with Gasteiger partial charge in [-0.05, 0) is 41.8 Å². The van der Waals surface area contributed by atoms with Crippen LogP contribution in [0.15, 0.2) is 42.5 Å². The number of amides is 1. The molecule has 3 nitrogen and oxygen atoms in total. The molecular weight excluding hydrogens is 298 g/mol. The van der Waals surface area contributed by atoms with E-state index in [1.54, 1.807) is 19.0 Å². The first kappa shape index (κ1) is 16.4. The van der Waals surface area contributed by atoms with E-state index < -0.39 is 0 Å². The zero-order valence-electron chi connectivity index (χ0n) is 13.1. The first-order chi connectivity index (χ1) is 10.5. The number of hydrogen-bond acceptors (Lipinski definition) is 2. The van der Waals surface area contributed by atoms with Crippen LogP contribution < -0.4 is 4.74 Å². The van der Waals surface area contributed by atoms with E-state index in [1.165, 1.54) is 0 Å². The van der Waals surface area contributed by atoms with E-state index in [1.807, 2.05) is 42.5 Å². The van der Waals surface area contributed by atoms with E-state index in [-0.39, 0.29) is 5.91 Å². The van der Waals surface area contributed by atoms with Crippen LogP contribution in [0.5, 0.6) is 5.75 Å². The summed E-state index contributed by atoms with van der Waals surface area (Å²) in [6.45, 7) is 2.71. The number of ether oxygens (including phenoxy) is 1. The van der Waals surface area contributed by atoms with Crippen LogP contribution in [0.2, 0.25) is 5.02 Å². The third-order valence-corrected chi connectivity index (χ3v) is 3.56. The predicted molar refractivity (Wildman–Crippen MR) is 90.7 cm³/mol. The number of nitrogens with zero attached hydrogens (tertiary/aromatic N) is 1. The molecule has 0 unspecified atom stereocenters. The van der Waals surface area contributed by atoms with Crippen molar-refractivity contribution in [1.82, 2.24) is 4.90 Å². The van der Waals surface area contributed by atoms with Crippen LogP contribution in [0.4, 0.5) is 0 Å². The van der Waals surface area contributed by atoms with E-state index in [0.717, 1.165) is 17.5 Å². The van der Waals surface area contributed by atoms with E-state index in [0.29, 0.717) is 22.9 Å². The van der Waals surface area contributed by atoms with Crippen molar-refractivity contribution in [2.24, 2.45) is 0 Å². The van der Waals surface area contributed by atoms with Crippen molar-refractivity contribution in [3.05, 3.63) is 53.1 Å². The van der Waals surface area contributed by atoms with Crippen LogP contribution in [0.1, 0.15) is 23.7 Å². The summed E-state index contributed by atoms with van der Waals surface area (Å²) in [7, 11) is 3.48. The van der Waals surface area contributed by atoms with E-state index >= 15 is 0 Å². The second kappa shape index (κ2) is 7.32. The number of benzene rings is 2. The molecule has 22 heavy (non-hydrogen) atoms. The summed E-state index contributed by atoms with van der Waals surface area (Å²) >= 11 is 6.25. The lowest BCUT2D eigenvalue weighted by molar-refractivity contribution is 0.0827. The average molecular weight is 318 g/mol. The molecule has 0 bridgehead atoms. The summed E-state index contributed by atoms with van der Waals surface area (Å²) in [5.41, 5.74) is 2.68. The molecule has 0 N–H and O–H groups in total. The van der Waals surface area contributed by atoms with Crippen molar-refractivity contribution < 1.29 is 9.53 Å². The van der Waals surface area contributed by atoms with E-state index in [9.17, 15) is 4.79 Å². The fourth-order valence-electron chi connectivity index (χ4n) is 2.07. The van der Waals surface area contributed by atoms with Gasteiger partial charge in [-0.3, -0.25) is 4.79 Å². The van der Waals surface area contributed by atoms with Gasteiger partial charge in [-0.2, -0.15) is 0 Å². The maximum absolute atomic E-state index is 11.9. The summed E-state index contributed by atoms with van der Waals surface area (Å²) in [5, 5.41) is 0.597. The molecule has 2 aromatic carbocycles. The van der Waals surface area contributed by atoms with Crippen LogP contribution >= 0.6 is 11.6 Å². The first-order valence-electron chi connectivity index (χ1n) is 7.27. The molecule has 0 saturated heterocycles. The molecule has 2 rings (SSSR count). The van der Waals surface area contributed by atoms with Gasteiger partial charge in [-0.1, -0.05) is 36.7 Å². The van der Waals surface area contributed by atoms with Gasteiger partial charge in [0.25, 0.3) is 5.91 Å². The number of halogens is 1. The smallest absolute Gasteiger partial charge is 0.253 e. The summed E-state index contributed by atoms with van der Waals surface area (Å²) in [6.07, 6.45) is 0.944. The van der Waals surface area contributed by atoms with Crippen LogP contribution in [0.25, 0.3) is 11.1 Å². The van der Waals surface area contributed by atoms with Gasteiger partial charge in [0.1, 0.15) is 5.75 Å². The Bertz CT molecular complexity index is 651. The SMILES string of the molecule is CCCOc1ccc(-c2ccc(C(=O)N(C)C)cc2)cc1Cl. The largest absolute Gasteiger partial charge is 0.492 e. The minimum absolute atomic E-state index is 0.00658. The van der Waals surface area contributed by atoms with E-state index in [2.05, 4.69) is 6.92 Å². The highest BCUT2D eigenvalue weighted by Crippen LogP contribution is 2.30. The summed E-state index contributed by atoms with van der Waals surface area (Å²) in [6, 6.07) is 13.2. The van der Waals surface area contributed by atoms with Gasteiger partial charge in [0, 0.05) is 19.7 Å². The number of carbonyl (C=O) groups excluding carboxylic acids is 1. The molecule has 1 amide bonds. The third kappa shape index (κ3) is 3.80. The number of hydrogen-bond donors (Lipinski definition) is 0. The number of carbonyl (C=O) groups is 1. The van der Waals surface area contributed by atoms with Crippen LogP contribution in [-0.2, 0) is 0 Å². The van der Waals surface area contributed by atoms with Gasteiger partial charge in [0.2, 0.25) is 0 Å². The lowest BCUT2D eigenvalue weighted by Gasteiger charge is -2.11. The monoisotopic (exact) mass is 317 g/mol. The molecule has 0 aliphatic rings. The average Bonchev–Trinajstić information content (AvgIpc) is 2.53. The molecule has 0 saturated carbocycles. The van der Waals surface area contributed by atoms with Crippen molar-refractivity contribution in [3.63, 3.8) is 0 Å². The molecule has 0 radical (unpaired) electrons.